The number of ether oxygens (including phenoxy) is 1. The molecule has 32 heavy (non-hydrogen) atoms. The molecule has 5 rings (SSSR count). The van der Waals surface area contributed by atoms with Crippen molar-refractivity contribution in [3.8, 4) is 5.75 Å². The van der Waals surface area contributed by atoms with E-state index in [0.29, 0.717) is 12.2 Å². The predicted molar refractivity (Wildman–Crippen MR) is 124 cm³/mol. The van der Waals surface area contributed by atoms with Gasteiger partial charge >= 0.3 is 0 Å². The summed E-state index contributed by atoms with van der Waals surface area (Å²) in [5.41, 5.74) is 2.68. The molecule has 1 N–H and O–H groups in total. The number of carbonyl (C=O) groups excluding carboxylic acids is 1. The molecule has 0 amide bonds. The number of aliphatic hydroxyl groups excluding tert-OH is 1. The Balaban J connectivity index is 1.31. The number of β-amino-alcohol motifs (C(OH)–C–C–N with tert-alkyl or cyclic N) is 1. The van der Waals surface area contributed by atoms with Crippen LogP contribution in [0.15, 0.2) is 46.9 Å². The van der Waals surface area contributed by atoms with Gasteiger partial charge in [-0.05, 0) is 43.7 Å². The summed E-state index contributed by atoms with van der Waals surface area (Å²) in [5, 5.41) is 9.96. The molecule has 6 heteroatoms. The summed E-state index contributed by atoms with van der Waals surface area (Å²) in [7, 11) is 0. The maximum absolute atomic E-state index is 13.3. The first-order valence-corrected chi connectivity index (χ1v) is 11.4. The fourth-order valence-corrected chi connectivity index (χ4v) is 4.97. The highest BCUT2D eigenvalue weighted by molar-refractivity contribution is 6.19. The molecule has 0 radical (unpaired) electrons. The van der Waals surface area contributed by atoms with Gasteiger partial charge in [-0.15, -0.1) is 0 Å². The Bertz CT molecular complexity index is 1140. The molecule has 1 aliphatic heterocycles. The summed E-state index contributed by atoms with van der Waals surface area (Å²) in [5.74, 6) is 1.53. The van der Waals surface area contributed by atoms with Gasteiger partial charge in [0.25, 0.3) is 0 Å². The highest BCUT2D eigenvalue weighted by atomic mass is 16.5. The number of hydrogen-bond donors (Lipinski definition) is 1. The van der Waals surface area contributed by atoms with Gasteiger partial charge in [0.2, 0.25) is 0 Å². The van der Waals surface area contributed by atoms with E-state index in [1.807, 2.05) is 42.5 Å². The third kappa shape index (κ3) is 3.62. The van der Waals surface area contributed by atoms with Crippen LogP contribution in [-0.4, -0.2) is 73.2 Å². The van der Waals surface area contributed by atoms with Crippen molar-refractivity contribution in [1.29, 1.82) is 0 Å². The Kier molecular flexibility index (Phi) is 5.53. The van der Waals surface area contributed by atoms with Gasteiger partial charge < -0.3 is 14.3 Å². The number of aliphatic hydroxyl groups is 1. The summed E-state index contributed by atoms with van der Waals surface area (Å²) in [6, 6.07) is 13.5. The van der Waals surface area contributed by atoms with Gasteiger partial charge in [-0.1, -0.05) is 18.2 Å². The fourth-order valence-electron chi connectivity index (χ4n) is 4.97. The normalized spacial score (nSPS) is 18.5. The van der Waals surface area contributed by atoms with E-state index >= 15 is 0 Å². The van der Waals surface area contributed by atoms with Gasteiger partial charge in [0, 0.05) is 55.6 Å². The topological polar surface area (TPSA) is 66.2 Å². The Morgan fingerprint density at radius 1 is 1.03 bits per heavy atom. The molecule has 1 aromatic heterocycles. The summed E-state index contributed by atoms with van der Waals surface area (Å²) < 4.78 is 12.3. The molecule has 0 saturated carbocycles. The molecule has 1 fully saturated rings. The van der Waals surface area contributed by atoms with Crippen molar-refractivity contribution in [2.75, 3.05) is 52.5 Å². The lowest BCUT2D eigenvalue weighted by molar-refractivity contribution is 0.101. The average molecular weight is 435 g/mol. The molecule has 0 bridgehead atoms. The minimum absolute atomic E-state index is 0.0200. The highest BCUT2D eigenvalue weighted by Crippen LogP contribution is 2.46. The van der Waals surface area contributed by atoms with Crippen LogP contribution in [0, 0.1) is 0 Å². The Hall–Kier alpha value is -2.67. The van der Waals surface area contributed by atoms with Crippen LogP contribution in [0.3, 0.4) is 0 Å². The largest absolute Gasteiger partial charge is 0.492 e. The van der Waals surface area contributed by atoms with Crippen LogP contribution in [0.5, 0.6) is 5.75 Å². The smallest absolute Gasteiger partial charge is 0.197 e. The Morgan fingerprint density at radius 2 is 1.75 bits per heavy atom. The van der Waals surface area contributed by atoms with Crippen LogP contribution in [0.25, 0.3) is 11.0 Å². The molecule has 0 unspecified atom stereocenters. The molecule has 2 aromatic carbocycles. The van der Waals surface area contributed by atoms with E-state index in [9.17, 15) is 4.79 Å². The van der Waals surface area contributed by atoms with Crippen molar-refractivity contribution in [3.63, 3.8) is 0 Å². The zero-order valence-corrected chi connectivity index (χ0v) is 18.8. The van der Waals surface area contributed by atoms with Crippen molar-refractivity contribution < 1.29 is 19.1 Å². The van der Waals surface area contributed by atoms with E-state index in [2.05, 4.69) is 23.6 Å². The van der Waals surface area contributed by atoms with Crippen molar-refractivity contribution in [1.82, 2.24) is 9.80 Å². The van der Waals surface area contributed by atoms with Crippen LogP contribution >= 0.6 is 0 Å². The second-order valence-corrected chi connectivity index (χ2v) is 9.22. The van der Waals surface area contributed by atoms with Crippen molar-refractivity contribution in [3.05, 3.63) is 64.9 Å². The number of para-hydroxylation sites is 1. The number of carbonyl (C=O) groups is 1. The lowest BCUT2D eigenvalue weighted by Crippen LogP contribution is -2.48. The maximum atomic E-state index is 13.3. The summed E-state index contributed by atoms with van der Waals surface area (Å²) in [6.07, 6.45) is 0. The van der Waals surface area contributed by atoms with Crippen LogP contribution in [0.4, 0.5) is 0 Å². The van der Waals surface area contributed by atoms with Gasteiger partial charge in [-0.3, -0.25) is 14.6 Å². The lowest BCUT2D eigenvalue weighted by atomic mass is 9.72. The van der Waals surface area contributed by atoms with Crippen molar-refractivity contribution in [2.45, 2.75) is 19.3 Å². The number of rotatable bonds is 6. The third-order valence-corrected chi connectivity index (χ3v) is 6.86. The third-order valence-electron chi connectivity index (χ3n) is 6.86. The number of fused-ring (bicyclic) bond motifs is 4. The quantitative estimate of drug-likeness (QED) is 0.642. The minimum Gasteiger partial charge on any atom is -0.492 e. The van der Waals surface area contributed by atoms with Gasteiger partial charge in [-0.25, -0.2) is 0 Å². The number of benzene rings is 2. The van der Waals surface area contributed by atoms with Gasteiger partial charge in [0.05, 0.1) is 12.2 Å². The van der Waals surface area contributed by atoms with Crippen LogP contribution in [0.1, 0.15) is 41.1 Å². The van der Waals surface area contributed by atoms with E-state index in [1.165, 1.54) is 0 Å². The molecule has 6 nitrogen and oxygen atoms in total. The molecule has 3 aromatic rings. The van der Waals surface area contributed by atoms with E-state index in [-0.39, 0.29) is 12.4 Å². The molecule has 168 valence electrons. The SMILES string of the molecule is CC1(C)c2cc(OCCN3CCN(CCO)CC3)ccc2C(=O)c2c1oc1ccccc21. The zero-order chi connectivity index (χ0) is 22.3. The monoisotopic (exact) mass is 434 g/mol. The second-order valence-electron chi connectivity index (χ2n) is 9.22. The predicted octanol–water partition coefficient (Wildman–Crippen LogP) is 3.29. The molecular weight excluding hydrogens is 404 g/mol. The van der Waals surface area contributed by atoms with Crippen LogP contribution in [-0.2, 0) is 5.41 Å². The van der Waals surface area contributed by atoms with Crippen LogP contribution < -0.4 is 4.74 Å². The summed E-state index contributed by atoms with van der Waals surface area (Å²) in [6.45, 7) is 10.6. The number of furan rings is 1. The lowest BCUT2D eigenvalue weighted by Gasteiger charge is -2.34. The average Bonchev–Trinajstić information content (AvgIpc) is 3.20. The van der Waals surface area contributed by atoms with Crippen LogP contribution in [0.2, 0.25) is 0 Å². The van der Waals surface area contributed by atoms with Crippen molar-refractivity contribution >= 4 is 16.8 Å². The van der Waals surface area contributed by atoms with Gasteiger partial charge in [0.15, 0.2) is 5.78 Å². The second kappa shape index (κ2) is 8.35. The first-order chi connectivity index (χ1) is 15.5. The number of piperazine rings is 1. The van der Waals surface area contributed by atoms with E-state index in [0.717, 1.165) is 72.9 Å². The Morgan fingerprint density at radius 3 is 2.50 bits per heavy atom. The van der Waals surface area contributed by atoms with E-state index in [1.54, 1.807) is 0 Å². The first kappa shape index (κ1) is 21.2. The van der Waals surface area contributed by atoms with Crippen molar-refractivity contribution in [2.24, 2.45) is 0 Å². The molecule has 0 spiro atoms. The molecule has 2 heterocycles. The molecule has 1 saturated heterocycles. The number of ketones is 1. The van der Waals surface area contributed by atoms with Gasteiger partial charge in [0.1, 0.15) is 23.7 Å². The molecular formula is C26H30N2O4. The maximum Gasteiger partial charge on any atom is 0.197 e. The fraction of sp³-hybridized carbons (Fsp3) is 0.423. The number of hydrogen-bond acceptors (Lipinski definition) is 6. The standard InChI is InChI=1S/C26H30N2O4/c1-26(2)21-17-18(31-16-14-28-11-9-27(10-12-28)13-15-29)7-8-19(21)24(30)23-20-5-3-4-6-22(20)32-25(23)26/h3-8,17,29H,9-16H2,1-2H3. The highest BCUT2D eigenvalue weighted by Gasteiger charge is 2.41. The minimum atomic E-state index is -0.431. The zero-order valence-electron chi connectivity index (χ0n) is 18.8. The first-order valence-electron chi connectivity index (χ1n) is 11.4. The molecule has 2 aliphatic rings. The number of nitrogens with zero attached hydrogens (tertiary/aromatic N) is 2. The summed E-state index contributed by atoms with van der Waals surface area (Å²) >= 11 is 0. The van der Waals surface area contributed by atoms with E-state index < -0.39 is 5.41 Å². The van der Waals surface area contributed by atoms with E-state index in [4.69, 9.17) is 14.3 Å². The summed E-state index contributed by atoms with van der Waals surface area (Å²) in [4.78, 5) is 18.0. The van der Waals surface area contributed by atoms with Gasteiger partial charge in [-0.2, -0.15) is 0 Å². The molecule has 0 atom stereocenters. The molecule has 1 aliphatic carbocycles. The Labute approximate surface area is 188 Å².